The summed E-state index contributed by atoms with van der Waals surface area (Å²) < 4.78 is 43.7. The minimum atomic E-state index is -4.40. The van der Waals surface area contributed by atoms with E-state index in [1.54, 1.807) is 34.1 Å². The maximum absolute atomic E-state index is 13.1. The first kappa shape index (κ1) is 24.1. The van der Waals surface area contributed by atoms with Gasteiger partial charge in [0.25, 0.3) is 0 Å². The molecule has 0 bridgehead atoms. The van der Waals surface area contributed by atoms with E-state index in [9.17, 15) is 22.8 Å². The molecule has 1 aliphatic heterocycles. The highest BCUT2D eigenvalue weighted by atomic mass is 19.4. The number of alkyl halides is 3. The summed E-state index contributed by atoms with van der Waals surface area (Å²) >= 11 is 0. The molecule has 3 aromatic carbocycles. The number of carbonyl (C=O) groups excluding carboxylic acids is 2. The molecule has 182 valence electrons. The SMILES string of the molecule is O=C(Nc1cccc(N2CCCN(Cc3ccc(C(F)(F)F)cc3)C2=O)c1)OCc1ccccc1. The van der Waals surface area contributed by atoms with Gasteiger partial charge in [-0.1, -0.05) is 48.5 Å². The van der Waals surface area contributed by atoms with Crippen molar-refractivity contribution in [3.05, 3.63) is 95.6 Å². The third kappa shape index (κ3) is 6.32. The molecule has 0 atom stereocenters. The van der Waals surface area contributed by atoms with Crippen molar-refractivity contribution in [3.8, 4) is 0 Å². The number of benzene rings is 3. The summed E-state index contributed by atoms with van der Waals surface area (Å²) in [6.45, 7) is 1.33. The van der Waals surface area contributed by atoms with Gasteiger partial charge in [0, 0.05) is 31.0 Å². The largest absolute Gasteiger partial charge is 0.444 e. The maximum Gasteiger partial charge on any atom is 0.416 e. The van der Waals surface area contributed by atoms with Crippen LogP contribution in [-0.4, -0.2) is 30.1 Å². The Labute approximate surface area is 200 Å². The fraction of sp³-hybridized carbons (Fsp3) is 0.231. The normalized spacial score (nSPS) is 14.1. The van der Waals surface area contributed by atoms with Crippen LogP contribution in [0.25, 0.3) is 0 Å². The Hall–Kier alpha value is -4.01. The van der Waals surface area contributed by atoms with E-state index in [-0.39, 0.29) is 19.2 Å². The van der Waals surface area contributed by atoms with Crippen LogP contribution < -0.4 is 10.2 Å². The first-order valence-corrected chi connectivity index (χ1v) is 11.1. The Morgan fingerprint density at radius 1 is 0.914 bits per heavy atom. The number of rotatable bonds is 6. The van der Waals surface area contributed by atoms with Crippen molar-refractivity contribution >= 4 is 23.5 Å². The standard InChI is InChI=1S/C26H24F3N3O3/c27-26(28,29)21-12-10-19(11-13-21)17-31-14-5-15-32(25(31)34)23-9-4-8-22(16-23)30-24(33)35-18-20-6-2-1-3-7-20/h1-4,6-13,16H,5,14-15,17-18H2,(H,30,33). The molecular formula is C26H24F3N3O3. The van der Waals surface area contributed by atoms with Crippen molar-refractivity contribution in [2.24, 2.45) is 0 Å². The van der Waals surface area contributed by atoms with E-state index in [1.165, 1.54) is 12.1 Å². The molecule has 6 nitrogen and oxygen atoms in total. The molecule has 1 saturated heterocycles. The smallest absolute Gasteiger partial charge is 0.416 e. The zero-order chi connectivity index (χ0) is 24.8. The molecule has 1 heterocycles. The summed E-state index contributed by atoms with van der Waals surface area (Å²) in [6.07, 6.45) is -4.31. The predicted molar refractivity (Wildman–Crippen MR) is 126 cm³/mol. The topological polar surface area (TPSA) is 61.9 Å². The van der Waals surface area contributed by atoms with Crippen molar-refractivity contribution in [2.75, 3.05) is 23.3 Å². The number of amides is 3. The summed E-state index contributed by atoms with van der Waals surface area (Å²) in [5, 5.41) is 2.67. The lowest BCUT2D eigenvalue weighted by Crippen LogP contribution is -2.49. The van der Waals surface area contributed by atoms with Gasteiger partial charge in [0.1, 0.15) is 6.61 Å². The second-order valence-corrected chi connectivity index (χ2v) is 8.14. The number of carbonyl (C=O) groups is 2. The van der Waals surface area contributed by atoms with Crippen molar-refractivity contribution in [2.45, 2.75) is 25.7 Å². The zero-order valence-corrected chi connectivity index (χ0v) is 18.8. The van der Waals surface area contributed by atoms with Gasteiger partial charge in [-0.2, -0.15) is 13.2 Å². The van der Waals surface area contributed by atoms with Crippen LogP contribution in [-0.2, 0) is 24.1 Å². The average Bonchev–Trinajstić information content (AvgIpc) is 2.85. The van der Waals surface area contributed by atoms with E-state index in [0.717, 1.165) is 17.7 Å². The molecule has 0 radical (unpaired) electrons. The minimum absolute atomic E-state index is 0.135. The van der Waals surface area contributed by atoms with E-state index in [4.69, 9.17) is 4.74 Å². The lowest BCUT2D eigenvalue weighted by Gasteiger charge is -2.36. The lowest BCUT2D eigenvalue weighted by atomic mass is 10.1. The van der Waals surface area contributed by atoms with Crippen LogP contribution in [0.15, 0.2) is 78.9 Å². The minimum Gasteiger partial charge on any atom is -0.444 e. The van der Waals surface area contributed by atoms with Crippen molar-refractivity contribution in [1.29, 1.82) is 0 Å². The van der Waals surface area contributed by atoms with Crippen molar-refractivity contribution in [3.63, 3.8) is 0 Å². The van der Waals surface area contributed by atoms with E-state index < -0.39 is 17.8 Å². The van der Waals surface area contributed by atoms with Crippen LogP contribution >= 0.6 is 0 Å². The summed E-state index contributed by atoms with van der Waals surface area (Å²) in [4.78, 5) is 28.5. The Balaban J connectivity index is 1.38. The second kappa shape index (κ2) is 10.5. The molecule has 3 aromatic rings. The number of nitrogens with one attached hydrogen (secondary N) is 1. The molecule has 0 aliphatic carbocycles. The number of anilines is 2. The van der Waals surface area contributed by atoms with Crippen molar-refractivity contribution in [1.82, 2.24) is 4.90 Å². The molecule has 0 spiro atoms. The van der Waals surface area contributed by atoms with Crippen LogP contribution in [0, 0.1) is 0 Å². The van der Waals surface area contributed by atoms with Crippen LogP contribution in [0.3, 0.4) is 0 Å². The summed E-state index contributed by atoms with van der Waals surface area (Å²) in [6, 6.07) is 20.7. The second-order valence-electron chi connectivity index (χ2n) is 8.14. The van der Waals surface area contributed by atoms with Gasteiger partial charge in [-0.3, -0.25) is 10.2 Å². The van der Waals surface area contributed by atoms with Gasteiger partial charge in [0.2, 0.25) is 0 Å². The van der Waals surface area contributed by atoms with Crippen LogP contribution in [0.5, 0.6) is 0 Å². The van der Waals surface area contributed by atoms with Gasteiger partial charge in [-0.05, 0) is 47.9 Å². The van der Waals surface area contributed by atoms with E-state index in [2.05, 4.69) is 5.32 Å². The number of hydrogen-bond donors (Lipinski definition) is 1. The van der Waals surface area contributed by atoms with Gasteiger partial charge in [0.05, 0.1) is 5.56 Å². The Morgan fingerprint density at radius 2 is 1.66 bits per heavy atom. The fourth-order valence-electron chi connectivity index (χ4n) is 3.82. The third-order valence-corrected chi connectivity index (χ3v) is 5.58. The molecule has 1 aliphatic rings. The monoisotopic (exact) mass is 483 g/mol. The van der Waals surface area contributed by atoms with Crippen LogP contribution in [0.2, 0.25) is 0 Å². The Kier molecular flexibility index (Phi) is 7.24. The quantitative estimate of drug-likeness (QED) is 0.449. The highest BCUT2D eigenvalue weighted by molar-refractivity contribution is 5.94. The zero-order valence-electron chi connectivity index (χ0n) is 18.8. The lowest BCUT2D eigenvalue weighted by molar-refractivity contribution is -0.137. The number of nitrogens with zero attached hydrogens (tertiary/aromatic N) is 2. The molecule has 35 heavy (non-hydrogen) atoms. The van der Waals surface area contributed by atoms with E-state index in [0.29, 0.717) is 36.4 Å². The van der Waals surface area contributed by atoms with Gasteiger partial charge in [-0.15, -0.1) is 0 Å². The Morgan fingerprint density at radius 3 is 2.37 bits per heavy atom. The molecule has 0 aromatic heterocycles. The van der Waals surface area contributed by atoms with Crippen LogP contribution in [0.1, 0.15) is 23.1 Å². The van der Waals surface area contributed by atoms with Crippen molar-refractivity contribution < 1.29 is 27.5 Å². The molecule has 1 N–H and O–H groups in total. The number of halogens is 3. The highest BCUT2D eigenvalue weighted by Crippen LogP contribution is 2.30. The molecule has 3 amide bonds. The molecule has 1 fully saturated rings. The average molecular weight is 483 g/mol. The van der Waals surface area contributed by atoms with E-state index >= 15 is 0 Å². The predicted octanol–water partition coefficient (Wildman–Crippen LogP) is 6.29. The van der Waals surface area contributed by atoms with Gasteiger partial charge >= 0.3 is 18.3 Å². The summed E-state index contributed by atoms with van der Waals surface area (Å²) in [5.74, 6) is 0. The molecule has 0 saturated carbocycles. The summed E-state index contributed by atoms with van der Waals surface area (Å²) in [7, 11) is 0. The molecule has 9 heteroatoms. The number of hydrogen-bond acceptors (Lipinski definition) is 3. The van der Waals surface area contributed by atoms with Gasteiger partial charge in [0.15, 0.2) is 0 Å². The summed E-state index contributed by atoms with van der Waals surface area (Å²) in [5.41, 5.74) is 1.84. The Bertz CT molecular complexity index is 1170. The number of ether oxygens (including phenoxy) is 1. The molecule has 0 unspecified atom stereocenters. The fourth-order valence-corrected chi connectivity index (χ4v) is 3.82. The number of urea groups is 1. The first-order chi connectivity index (χ1) is 16.8. The maximum atomic E-state index is 13.1. The van der Waals surface area contributed by atoms with Crippen LogP contribution in [0.4, 0.5) is 34.1 Å². The molecule has 4 rings (SSSR count). The third-order valence-electron chi connectivity index (χ3n) is 5.58. The van der Waals surface area contributed by atoms with E-state index in [1.807, 2.05) is 30.3 Å². The first-order valence-electron chi connectivity index (χ1n) is 11.1. The molecular weight excluding hydrogens is 459 g/mol. The highest BCUT2D eigenvalue weighted by Gasteiger charge is 2.31. The van der Waals surface area contributed by atoms with Gasteiger partial charge < -0.3 is 9.64 Å². The van der Waals surface area contributed by atoms with Gasteiger partial charge in [-0.25, -0.2) is 9.59 Å².